The number of hydrogen-bond acceptors (Lipinski definition) is 5. The highest BCUT2D eigenvalue weighted by Gasteiger charge is 2.19. The van der Waals surface area contributed by atoms with E-state index in [0.717, 1.165) is 5.56 Å². The first kappa shape index (κ1) is 22.8. The molecule has 1 amide bonds. The van der Waals surface area contributed by atoms with Crippen molar-refractivity contribution < 1.29 is 24.2 Å². The van der Waals surface area contributed by atoms with Gasteiger partial charge in [0.2, 0.25) is 0 Å². The molecule has 3 N–H and O–H groups in total. The van der Waals surface area contributed by atoms with Crippen LogP contribution in [0.3, 0.4) is 0 Å². The van der Waals surface area contributed by atoms with Crippen LogP contribution in [0.4, 0.5) is 0 Å². The standard InChI is InChI=1S/C20H32N2O5/c1-13(2)9-15(19(24)25)21-11-14-7-8-16(17(10-14)26-6)27-12-18(23)22-20(3,4)5/h7-8,10,13,15,21H,9,11-12H2,1-6H3,(H,22,23)(H,24,25). The minimum absolute atomic E-state index is 0.110. The van der Waals surface area contributed by atoms with Crippen LogP contribution in [0.1, 0.15) is 46.6 Å². The summed E-state index contributed by atoms with van der Waals surface area (Å²) in [7, 11) is 1.52. The number of ether oxygens (including phenoxy) is 2. The van der Waals surface area contributed by atoms with E-state index in [9.17, 15) is 14.7 Å². The Hall–Kier alpha value is -2.28. The highest BCUT2D eigenvalue weighted by Crippen LogP contribution is 2.28. The summed E-state index contributed by atoms with van der Waals surface area (Å²) < 4.78 is 10.9. The van der Waals surface area contributed by atoms with E-state index in [2.05, 4.69) is 10.6 Å². The lowest BCUT2D eigenvalue weighted by Crippen LogP contribution is -2.43. The second-order valence-corrected chi connectivity index (χ2v) is 7.97. The second kappa shape index (κ2) is 10.2. The van der Waals surface area contributed by atoms with Gasteiger partial charge in [-0.15, -0.1) is 0 Å². The molecule has 7 heteroatoms. The second-order valence-electron chi connectivity index (χ2n) is 7.97. The monoisotopic (exact) mass is 380 g/mol. The van der Waals surface area contributed by atoms with Crippen molar-refractivity contribution in [2.24, 2.45) is 5.92 Å². The quantitative estimate of drug-likeness (QED) is 0.577. The van der Waals surface area contributed by atoms with E-state index in [1.54, 1.807) is 12.1 Å². The molecule has 0 aliphatic heterocycles. The van der Waals surface area contributed by atoms with Crippen LogP contribution in [0.25, 0.3) is 0 Å². The number of carboxylic acids is 1. The Labute approximate surface area is 161 Å². The highest BCUT2D eigenvalue weighted by molar-refractivity contribution is 5.78. The van der Waals surface area contributed by atoms with Crippen molar-refractivity contribution in [3.63, 3.8) is 0 Å². The van der Waals surface area contributed by atoms with Crippen LogP contribution in [0, 0.1) is 5.92 Å². The van der Waals surface area contributed by atoms with E-state index in [1.807, 2.05) is 40.7 Å². The molecule has 0 bridgehead atoms. The zero-order valence-electron chi connectivity index (χ0n) is 17.1. The van der Waals surface area contributed by atoms with E-state index >= 15 is 0 Å². The summed E-state index contributed by atoms with van der Waals surface area (Å²) >= 11 is 0. The third-order valence-electron chi connectivity index (χ3n) is 3.66. The molecule has 1 rings (SSSR count). The van der Waals surface area contributed by atoms with Gasteiger partial charge in [-0.1, -0.05) is 19.9 Å². The molecule has 152 valence electrons. The zero-order chi connectivity index (χ0) is 20.6. The molecule has 0 saturated carbocycles. The lowest BCUT2D eigenvalue weighted by atomic mass is 10.0. The molecular formula is C20H32N2O5. The summed E-state index contributed by atoms with van der Waals surface area (Å²) in [6.07, 6.45) is 0.552. The molecule has 0 heterocycles. The molecule has 0 fully saturated rings. The van der Waals surface area contributed by atoms with Gasteiger partial charge < -0.3 is 25.2 Å². The van der Waals surface area contributed by atoms with E-state index in [1.165, 1.54) is 7.11 Å². The molecule has 0 saturated heterocycles. The van der Waals surface area contributed by atoms with Gasteiger partial charge in [0.25, 0.3) is 5.91 Å². The number of amides is 1. The van der Waals surface area contributed by atoms with Crippen molar-refractivity contribution in [2.45, 2.75) is 59.2 Å². The van der Waals surface area contributed by atoms with Crippen LogP contribution in [0.5, 0.6) is 11.5 Å². The van der Waals surface area contributed by atoms with E-state index < -0.39 is 12.0 Å². The number of benzene rings is 1. The van der Waals surface area contributed by atoms with Gasteiger partial charge in [-0.3, -0.25) is 9.59 Å². The van der Waals surface area contributed by atoms with E-state index in [4.69, 9.17) is 9.47 Å². The molecule has 0 radical (unpaired) electrons. The van der Waals surface area contributed by atoms with Gasteiger partial charge >= 0.3 is 5.97 Å². The predicted octanol–water partition coefficient (Wildman–Crippen LogP) is 2.58. The summed E-state index contributed by atoms with van der Waals surface area (Å²) in [5.74, 6) is 0.160. The smallest absolute Gasteiger partial charge is 0.320 e. The Morgan fingerprint density at radius 1 is 1.19 bits per heavy atom. The normalized spacial score (nSPS) is 12.6. The molecule has 1 unspecified atom stereocenters. The third-order valence-corrected chi connectivity index (χ3v) is 3.66. The summed E-state index contributed by atoms with van der Waals surface area (Å²) in [6, 6.07) is 4.71. The van der Waals surface area contributed by atoms with Gasteiger partial charge in [0, 0.05) is 12.1 Å². The highest BCUT2D eigenvalue weighted by atomic mass is 16.5. The van der Waals surface area contributed by atoms with Crippen LogP contribution >= 0.6 is 0 Å². The van der Waals surface area contributed by atoms with Crippen molar-refractivity contribution in [1.29, 1.82) is 0 Å². The van der Waals surface area contributed by atoms with Crippen LogP contribution in [0.2, 0.25) is 0 Å². The largest absolute Gasteiger partial charge is 0.493 e. The topological polar surface area (TPSA) is 96.9 Å². The maximum absolute atomic E-state index is 11.9. The van der Waals surface area contributed by atoms with Crippen molar-refractivity contribution in [3.8, 4) is 11.5 Å². The van der Waals surface area contributed by atoms with Crippen molar-refractivity contribution >= 4 is 11.9 Å². The Kier molecular flexibility index (Phi) is 8.56. The zero-order valence-corrected chi connectivity index (χ0v) is 17.1. The summed E-state index contributed by atoms with van der Waals surface area (Å²) in [5.41, 5.74) is 0.546. The Bertz CT molecular complexity index is 638. The molecule has 0 aliphatic carbocycles. The van der Waals surface area contributed by atoms with Crippen LogP contribution in [-0.4, -0.2) is 42.3 Å². The average molecular weight is 380 g/mol. The molecule has 1 aromatic carbocycles. The molecule has 0 aromatic heterocycles. The summed E-state index contributed by atoms with van der Waals surface area (Å²) in [4.78, 5) is 23.2. The number of aliphatic carboxylic acids is 1. The van der Waals surface area contributed by atoms with Crippen LogP contribution < -0.4 is 20.1 Å². The number of carbonyl (C=O) groups excluding carboxylic acids is 1. The summed E-state index contributed by atoms with van der Waals surface area (Å²) in [5, 5.41) is 15.2. The number of carbonyl (C=O) groups is 2. The molecule has 7 nitrogen and oxygen atoms in total. The number of nitrogens with one attached hydrogen (secondary N) is 2. The van der Waals surface area contributed by atoms with Crippen molar-refractivity contribution in [1.82, 2.24) is 10.6 Å². The fourth-order valence-electron chi connectivity index (χ4n) is 2.52. The van der Waals surface area contributed by atoms with Gasteiger partial charge in [0.1, 0.15) is 6.04 Å². The molecule has 0 aliphatic rings. The van der Waals surface area contributed by atoms with Crippen LogP contribution in [-0.2, 0) is 16.1 Å². The number of carboxylic acid groups (broad SMARTS) is 1. The van der Waals surface area contributed by atoms with E-state index in [-0.39, 0.29) is 24.0 Å². The Morgan fingerprint density at radius 2 is 1.85 bits per heavy atom. The first-order valence-corrected chi connectivity index (χ1v) is 9.08. The fraction of sp³-hybridized carbons (Fsp3) is 0.600. The number of rotatable bonds is 10. The Morgan fingerprint density at radius 3 is 2.37 bits per heavy atom. The van der Waals surface area contributed by atoms with E-state index in [0.29, 0.717) is 24.5 Å². The van der Waals surface area contributed by atoms with Crippen molar-refractivity contribution in [2.75, 3.05) is 13.7 Å². The molecule has 27 heavy (non-hydrogen) atoms. The lowest BCUT2D eigenvalue weighted by Gasteiger charge is -2.21. The maximum atomic E-state index is 11.9. The lowest BCUT2D eigenvalue weighted by molar-refractivity contribution is -0.140. The molecule has 1 aromatic rings. The third kappa shape index (κ3) is 8.77. The number of methoxy groups -OCH3 is 1. The fourth-order valence-corrected chi connectivity index (χ4v) is 2.52. The van der Waals surface area contributed by atoms with Crippen LogP contribution in [0.15, 0.2) is 18.2 Å². The van der Waals surface area contributed by atoms with Gasteiger partial charge in [-0.2, -0.15) is 0 Å². The molecular weight excluding hydrogens is 348 g/mol. The minimum atomic E-state index is -0.861. The first-order chi connectivity index (χ1) is 12.5. The summed E-state index contributed by atoms with van der Waals surface area (Å²) in [6.45, 7) is 9.96. The number of hydrogen-bond donors (Lipinski definition) is 3. The average Bonchev–Trinajstić information content (AvgIpc) is 2.54. The molecule has 0 spiro atoms. The van der Waals surface area contributed by atoms with Gasteiger partial charge in [-0.25, -0.2) is 0 Å². The maximum Gasteiger partial charge on any atom is 0.320 e. The van der Waals surface area contributed by atoms with Gasteiger partial charge in [0.05, 0.1) is 7.11 Å². The first-order valence-electron chi connectivity index (χ1n) is 9.08. The SMILES string of the molecule is COc1cc(CNC(CC(C)C)C(=O)O)ccc1OCC(=O)NC(C)(C)C. The van der Waals surface area contributed by atoms with Crippen molar-refractivity contribution in [3.05, 3.63) is 23.8 Å². The van der Waals surface area contributed by atoms with Gasteiger partial charge in [-0.05, 0) is 50.8 Å². The molecule has 1 atom stereocenters. The minimum Gasteiger partial charge on any atom is -0.493 e. The Balaban J connectivity index is 2.71. The predicted molar refractivity (Wildman–Crippen MR) is 104 cm³/mol. The van der Waals surface area contributed by atoms with Gasteiger partial charge in [0.15, 0.2) is 18.1 Å².